The van der Waals surface area contributed by atoms with Crippen LogP contribution in [0.3, 0.4) is 0 Å². The minimum atomic E-state index is -4.30. The first-order valence-corrected chi connectivity index (χ1v) is 6.16. The number of rotatable bonds is 1. The van der Waals surface area contributed by atoms with Crippen molar-refractivity contribution in [1.82, 2.24) is 4.98 Å². The van der Waals surface area contributed by atoms with E-state index in [4.69, 9.17) is 0 Å². The van der Waals surface area contributed by atoms with E-state index < -0.39 is 11.1 Å². The van der Waals surface area contributed by atoms with Crippen molar-refractivity contribution in [2.24, 2.45) is 0 Å². The standard InChI is InChI=1S/C13H8F3NS/c14-13(15,16)12-9(5-6-18-12)10-7-17-11-4-2-1-3-8(10)11/h1-7,17H. The van der Waals surface area contributed by atoms with Gasteiger partial charge >= 0.3 is 6.18 Å². The second-order valence-corrected chi connectivity index (χ2v) is 4.83. The number of hydrogen-bond donors (Lipinski definition) is 1. The molecule has 1 N–H and O–H groups in total. The van der Waals surface area contributed by atoms with Gasteiger partial charge in [-0.05, 0) is 17.5 Å². The van der Waals surface area contributed by atoms with Gasteiger partial charge in [0.25, 0.3) is 0 Å². The summed E-state index contributed by atoms with van der Waals surface area (Å²) in [7, 11) is 0. The van der Waals surface area contributed by atoms with Crippen molar-refractivity contribution in [3.63, 3.8) is 0 Å². The van der Waals surface area contributed by atoms with E-state index in [1.807, 2.05) is 24.3 Å². The van der Waals surface area contributed by atoms with Crippen LogP contribution >= 0.6 is 11.3 Å². The van der Waals surface area contributed by atoms with Gasteiger partial charge in [0.05, 0.1) is 0 Å². The van der Waals surface area contributed by atoms with Crippen molar-refractivity contribution >= 4 is 22.2 Å². The topological polar surface area (TPSA) is 15.8 Å². The Kier molecular flexibility index (Phi) is 2.45. The summed E-state index contributed by atoms with van der Waals surface area (Å²) in [6, 6.07) is 8.85. The fraction of sp³-hybridized carbons (Fsp3) is 0.0769. The highest BCUT2D eigenvalue weighted by molar-refractivity contribution is 7.10. The molecule has 0 fully saturated rings. The van der Waals surface area contributed by atoms with Crippen LogP contribution in [0.5, 0.6) is 0 Å². The third-order valence-corrected chi connectivity index (χ3v) is 3.76. The molecule has 18 heavy (non-hydrogen) atoms. The van der Waals surface area contributed by atoms with Gasteiger partial charge in [0.1, 0.15) is 4.88 Å². The summed E-state index contributed by atoms with van der Waals surface area (Å²) in [5.74, 6) is 0. The maximum Gasteiger partial charge on any atom is 0.426 e. The molecule has 2 heterocycles. The first-order chi connectivity index (χ1) is 8.57. The van der Waals surface area contributed by atoms with E-state index >= 15 is 0 Å². The molecule has 1 nitrogen and oxygen atoms in total. The van der Waals surface area contributed by atoms with Crippen LogP contribution in [0.2, 0.25) is 0 Å². The quantitative estimate of drug-likeness (QED) is 0.644. The van der Waals surface area contributed by atoms with Gasteiger partial charge in [0.2, 0.25) is 0 Å². The number of alkyl halides is 3. The number of H-pyrrole nitrogens is 1. The van der Waals surface area contributed by atoms with Crippen LogP contribution in [-0.4, -0.2) is 4.98 Å². The van der Waals surface area contributed by atoms with Gasteiger partial charge in [-0.25, -0.2) is 0 Å². The van der Waals surface area contributed by atoms with Crippen molar-refractivity contribution < 1.29 is 13.2 Å². The number of aromatic nitrogens is 1. The number of thiophene rings is 1. The lowest BCUT2D eigenvalue weighted by molar-refractivity contribution is -0.133. The maximum absolute atomic E-state index is 12.9. The van der Waals surface area contributed by atoms with Gasteiger partial charge in [-0.3, -0.25) is 0 Å². The van der Waals surface area contributed by atoms with E-state index in [0.29, 0.717) is 5.56 Å². The van der Waals surface area contributed by atoms with Gasteiger partial charge < -0.3 is 4.98 Å². The SMILES string of the molecule is FC(F)(F)c1sccc1-c1c[nH]c2ccccc12. The second kappa shape index (κ2) is 3.88. The molecule has 0 atom stereocenters. The van der Waals surface area contributed by atoms with E-state index in [1.54, 1.807) is 6.20 Å². The lowest BCUT2D eigenvalue weighted by Crippen LogP contribution is -2.03. The summed E-state index contributed by atoms with van der Waals surface area (Å²) in [5.41, 5.74) is 1.68. The Labute approximate surface area is 105 Å². The number of nitrogens with one attached hydrogen (secondary N) is 1. The van der Waals surface area contributed by atoms with Gasteiger partial charge in [0, 0.05) is 28.2 Å². The predicted octanol–water partition coefficient (Wildman–Crippen LogP) is 4.92. The Hall–Kier alpha value is -1.75. The summed E-state index contributed by atoms with van der Waals surface area (Å²) in [4.78, 5) is 2.44. The van der Waals surface area contributed by atoms with Crippen LogP contribution in [0.4, 0.5) is 13.2 Å². The molecule has 0 aliphatic rings. The minimum Gasteiger partial charge on any atom is -0.361 e. The summed E-state index contributed by atoms with van der Waals surface area (Å²) in [6.45, 7) is 0. The Morgan fingerprint density at radius 2 is 1.78 bits per heavy atom. The minimum absolute atomic E-state index is 0.241. The van der Waals surface area contributed by atoms with Crippen LogP contribution in [0, 0.1) is 0 Å². The molecule has 5 heteroatoms. The molecule has 92 valence electrons. The van der Waals surface area contributed by atoms with Gasteiger partial charge in [-0.2, -0.15) is 13.2 Å². The van der Waals surface area contributed by atoms with Crippen LogP contribution in [0.15, 0.2) is 41.9 Å². The molecule has 3 aromatic rings. The van der Waals surface area contributed by atoms with Crippen molar-refractivity contribution in [2.75, 3.05) is 0 Å². The number of halogens is 3. The molecule has 0 amide bonds. The van der Waals surface area contributed by atoms with Crippen molar-refractivity contribution in [3.05, 3.63) is 46.8 Å². The highest BCUT2D eigenvalue weighted by Gasteiger charge is 2.35. The zero-order chi connectivity index (χ0) is 12.8. The molecule has 0 aliphatic carbocycles. The molecule has 0 saturated carbocycles. The molecule has 3 rings (SSSR count). The van der Waals surface area contributed by atoms with Crippen molar-refractivity contribution in [3.8, 4) is 11.1 Å². The number of aromatic amines is 1. The Balaban J connectivity index is 2.25. The largest absolute Gasteiger partial charge is 0.426 e. The monoisotopic (exact) mass is 267 g/mol. The number of para-hydroxylation sites is 1. The van der Waals surface area contributed by atoms with Gasteiger partial charge in [0.15, 0.2) is 0 Å². The third-order valence-electron chi connectivity index (χ3n) is 2.80. The fourth-order valence-corrected chi connectivity index (χ4v) is 2.81. The molecule has 2 aromatic heterocycles. The molecule has 0 spiro atoms. The Morgan fingerprint density at radius 3 is 2.56 bits per heavy atom. The van der Waals surface area contributed by atoms with Crippen LogP contribution < -0.4 is 0 Å². The molecule has 0 bridgehead atoms. The second-order valence-electron chi connectivity index (χ2n) is 3.91. The lowest BCUT2D eigenvalue weighted by Gasteiger charge is -2.06. The number of hydrogen-bond acceptors (Lipinski definition) is 1. The molecule has 0 saturated heterocycles. The van der Waals surface area contributed by atoms with Gasteiger partial charge in [-0.15, -0.1) is 11.3 Å². The lowest BCUT2D eigenvalue weighted by atomic mass is 10.1. The smallest absolute Gasteiger partial charge is 0.361 e. The van der Waals surface area contributed by atoms with Crippen molar-refractivity contribution in [1.29, 1.82) is 0 Å². The highest BCUT2D eigenvalue weighted by Crippen LogP contribution is 2.42. The third kappa shape index (κ3) is 1.71. The van der Waals surface area contributed by atoms with Crippen LogP contribution in [-0.2, 0) is 6.18 Å². The summed E-state index contributed by atoms with van der Waals surface area (Å²) in [5, 5.41) is 2.28. The molecule has 1 aromatic carbocycles. The predicted molar refractivity (Wildman–Crippen MR) is 66.6 cm³/mol. The summed E-state index contributed by atoms with van der Waals surface area (Å²) >= 11 is 0.724. The highest BCUT2D eigenvalue weighted by atomic mass is 32.1. The average Bonchev–Trinajstić information content (AvgIpc) is 2.93. The van der Waals surface area contributed by atoms with E-state index in [2.05, 4.69) is 4.98 Å². The first kappa shape index (κ1) is 11.3. The Morgan fingerprint density at radius 1 is 1.00 bits per heavy atom. The summed E-state index contributed by atoms with van der Waals surface area (Å²) in [6.07, 6.45) is -2.68. The zero-order valence-electron chi connectivity index (χ0n) is 9.08. The van der Waals surface area contributed by atoms with E-state index in [0.717, 1.165) is 22.2 Å². The summed E-state index contributed by atoms with van der Waals surface area (Å²) < 4.78 is 38.6. The first-order valence-electron chi connectivity index (χ1n) is 5.28. The van der Waals surface area contributed by atoms with Crippen LogP contribution in [0.25, 0.3) is 22.0 Å². The molecule has 0 radical (unpaired) electrons. The zero-order valence-corrected chi connectivity index (χ0v) is 9.90. The van der Waals surface area contributed by atoms with E-state index in [-0.39, 0.29) is 5.56 Å². The molecule has 0 unspecified atom stereocenters. The normalized spacial score (nSPS) is 12.2. The molecular weight excluding hydrogens is 259 g/mol. The molecule has 0 aliphatic heterocycles. The number of benzene rings is 1. The Bertz CT molecular complexity index is 693. The van der Waals surface area contributed by atoms with Crippen molar-refractivity contribution in [2.45, 2.75) is 6.18 Å². The average molecular weight is 267 g/mol. The van der Waals surface area contributed by atoms with E-state index in [1.165, 1.54) is 11.4 Å². The van der Waals surface area contributed by atoms with Crippen LogP contribution in [0.1, 0.15) is 4.88 Å². The number of fused-ring (bicyclic) bond motifs is 1. The van der Waals surface area contributed by atoms with Gasteiger partial charge in [-0.1, -0.05) is 18.2 Å². The molecular formula is C13H8F3NS. The maximum atomic E-state index is 12.9. The van der Waals surface area contributed by atoms with E-state index in [9.17, 15) is 13.2 Å². The fourth-order valence-electron chi connectivity index (χ4n) is 2.04.